The fourth-order valence-electron chi connectivity index (χ4n) is 2.05. The number of hydrogen-bond acceptors (Lipinski definition) is 6. The van der Waals surface area contributed by atoms with Crippen LogP contribution in [0, 0.1) is 0 Å². The van der Waals surface area contributed by atoms with Crippen LogP contribution in [0.5, 0.6) is 0 Å². The van der Waals surface area contributed by atoms with Crippen molar-refractivity contribution in [2.24, 2.45) is 0 Å². The van der Waals surface area contributed by atoms with Crippen LogP contribution < -0.4 is 0 Å². The summed E-state index contributed by atoms with van der Waals surface area (Å²) >= 11 is 17.4. The molecule has 10 heteroatoms. The quantitative estimate of drug-likeness (QED) is 0.401. The fourth-order valence-corrected chi connectivity index (χ4v) is 4.06. The summed E-state index contributed by atoms with van der Waals surface area (Å²) in [7, 11) is -4.32. The van der Waals surface area contributed by atoms with Crippen LogP contribution >= 0.6 is 34.8 Å². The van der Waals surface area contributed by atoms with Gasteiger partial charge in [-0.25, -0.2) is 4.79 Å². The standard InChI is InChI=1S/C14H15Cl3O6S/c1-8(14(18)22-7-9-3-2-4-21-9)23-24(19,20)13-6-11(16)10(15)5-12(13)17/h5-6,8-9H,2-4,7H2,1H3/t8-,9?/m0/s1. The van der Waals surface area contributed by atoms with E-state index in [0.717, 1.165) is 18.9 Å². The molecular weight excluding hydrogens is 403 g/mol. The summed E-state index contributed by atoms with van der Waals surface area (Å²) in [6, 6.07) is 2.24. The molecule has 1 unspecified atom stereocenters. The lowest BCUT2D eigenvalue weighted by Crippen LogP contribution is -2.29. The molecule has 0 spiro atoms. The van der Waals surface area contributed by atoms with Gasteiger partial charge in [0.15, 0.2) is 6.10 Å². The molecule has 0 bridgehead atoms. The van der Waals surface area contributed by atoms with Crippen LogP contribution in [-0.4, -0.2) is 39.8 Å². The first-order valence-corrected chi connectivity index (χ1v) is 9.61. The van der Waals surface area contributed by atoms with E-state index < -0.39 is 22.2 Å². The van der Waals surface area contributed by atoms with E-state index in [1.165, 1.54) is 13.0 Å². The zero-order valence-electron chi connectivity index (χ0n) is 12.6. The van der Waals surface area contributed by atoms with Gasteiger partial charge in [-0.05, 0) is 31.9 Å². The number of ether oxygens (including phenoxy) is 2. The molecule has 1 aliphatic rings. The molecule has 0 amide bonds. The SMILES string of the molecule is C[C@H](OS(=O)(=O)c1cc(Cl)c(Cl)cc1Cl)C(=O)OCC1CCCO1. The Balaban J connectivity index is 2.02. The molecule has 0 N–H and O–H groups in total. The Labute approximate surface area is 155 Å². The molecule has 0 aromatic heterocycles. The van der Waals surface area contributed by atoms with Gasteiger partial charge in [0.25, 0.3) is 10.1 Å². The first-order valence-electron chi connectivity index (χ1n) is 7.07. The Morgan fingerprint density at radius 2 is 1.96 bits per heavy atom. The van der Waals surface area contributed by atoms with E-state index in [9.17, 15) is 13.2 Å². The highest BCUT2D eigenvalue weighted by molar-refractivity contribution is 7.87. The third-order valence-electron chi connectivity index (χ3n) is 3.28. The van der Waals surface area contributed by atoms with E-state index in [-0.39, 0.29) is 32.7 Å². The predicted molar refractivity (Wildman–Crippen MR) is 89.1 cm³/mol. The first kappa shape index (κ1) is 19.8. The Hall–Kier alpha value is -0.570. The van der Waals surface area contributed by atoms with Crippen molar-refractivity contribution >= 4 is 50.9 Å². The first-order chi connectivity index (χ1) is 11.2. The minimum Gasteiger partial charge on any atom is -0.461 e. The third kappa shape index (κ3) is 4.97. The van der Waals surface area contributed by atoms with Gasteiger partial charge in [-0.15, -0.1) is 0 Å². The smallest absolute Gasteiger partial charge is 0.336 e. The Kier molecular flexibility index (Phi) is 6.75. The van der Waals surface area contributed by atoms with Gasteiger partial charge in [0.1, 0.15) is 11.5 Å². The number of carbonyl (C=O) groups is 1. The van der Waals surface area contributed by atoms with Crippen LogP contribution in [0.15, 0.2) is 17.0 Å². The summed E-state index contributed by atoms with van der Waals surface area (Å²) in [5.41, 5.74) is 0. The minimum atomic E-state index is -4.32. The van der Waals surface area contributed by atoms with Gasteiger partial charge in [0, 0.05) is 6.61 Å². The van der Waals surface area contributed by atoms with Crippen molar-refractivity contribution in [3.05, 3.63) is 27.2 Å². The lowest BCUT2D eigenvalue weighted by atomic mass is 10.2. The van der Waals surface area contributed by atoms with Crippen molar-refractivity contribution in [3.63, 3.8) is 0 Å². The molecule has 1 aliphatic heterocycles. The summed E-state index contributed by atoms with van der Waals surface area (Å²) in [5, 5.41) is -0.0641. The van der Waals surface area contributed by atoms with Gasteiger partial charge < -0.3 is 9.47 Å². The van der Waals surface area contributed by atoms with Crippen molar-refractivity contribution < 1.29 is 26.9 Å². The van der Waals surface area contributed by atoms with E-state index in [1.807, 2.05) is 0 Å². The zero-order chi connectivity index (χ0) is 17.9. The fraction of sp³-hybridized carbons (Fsp3) is 0.500. The summed E-state index contributed by atoms with van der Waals surface area (Å²) in [6.45, 7) is 1.94. The Bertz CT molecular complexity index is 715. The molecule has 24 heavy (non-hydrogen) atoms. The molecule has 0 radical (unpaired) electrons. The summed E-state index contributed by atoms with van der Waals surface area (Å²) in [4.78, 5) is 11.5. The lowest BCUT2D eigenvalue weighted by molar-refractivity contribution is -0.154. The van der Waals surface area contributed by atoms with Gasteiger partial charge in [0.05, 0.1) is 21.2 Å². The van der Waals surface area contributed by atoms with Crippen molar-refractivity contribution in [2.75, 3.05) is 13.2 Å². The largest absolute Gasteiger partial charge is 0.461 e. The summed E-state index contributed by atoms with van der Waals surface area (Å²) in [6.07, 6.45) is 0.183. The second-order valence-electron chi connectivity index (χ2n) is 5.15. The van der Waals surface area contributed by atoms with E-state index in [2.05, 4.69) is 0 Å². The molecule has 1 heterocycles. The number of carbonyl (C=O) groups excluding carboxylic acids is 1. The summed E-state index contributed by atoms with van der Waals surface area (Å²) in [5.74, 6) is -0.815. The van der Waals surface area contributed by atoms with E-state index in [0.29, 0.717) is 6.61 Å². The molecule has 2 atom stereocenters. The van der Waals surface area contributed by atoms with Gasteiger partial charge in [-0.3, -0.25) is 4.18 Å². The second kappa shape index (κ2) is 8.21. The highest BCUT2D eigenvalue weighted by atomic mass is 35.5. The van der Waals surface area contributed by atoms with Crippen LogP contribution in [0.3, 0.4) is 0 Å². The highest BCUT2D eigenvalue weighted by Crippen LogP contribution is 2.32. The average Bonchev–Trinajstić information content (AvgIpc) is 3.01. The van der Waals surface area contributed by atoms with Gasteiger partial charge in [0.2, 0.25) is 0 Å². The minimum absolute atomic E-state index is 0.00291. The molecule has 1 aromatic rings. The number of hydrogen-bond donors (Lipinski definition) is 0. The Morgan fingerprint density at radius 3 is 2.58 bits per heavy atom. The molecular formula is C14H15Cl3O6S. The molecule has 6 nitrogen and oxygen atoms in total. The maximum Gasteiger partial charge on any atom is 0.336 e. The molecule has 1 aromatic carbocycles. The number of esters is 1. The molecule has 0 aliphatic carbocycles. The molecule has 2 rings (SSSR count). The lowest BCUT2D eigenvalue weighted by Gasteiger charge is -2.15. The van der Waals surface area contributed by atoms with E-state index in [1.54, 1.807) is 0 Å². The van der Waals surface area contributed by atoms with E-state index in [4.69, 9.17) is 48.5 Å². The number of rotatable bonds is 6. The molecule has 0 saturated carbocycles. The van der Waals surface area contributed by atoms with Gasteiger partial charge in [-0.1, -0.05) is 34.8 Å². The summed E-state index contributed by atoms with van der Waals surface area (Å²) < 4.78 is 39.7. The second-order valence-corrected chi connectivity index (χ2v) is 7.92. The van der Waals surface area contributed by atoms with E-state index >= 15 is 0 Å². The molecule has 1 fully saturated rings. The van der Waals surface area contributed by atoms with Crippen LogP contribution in [0.1, 0.15) is 19.8 Å². The van der Waals surface area contributed by atoms with Crippen LogP contribution in [-0.2, 0) is 28.6 Å². The van der Waals surface area contributed by atoms with Gasteiger partial charge in [-0.2, -0.15) is 8.42 Å². The van der Waals surface area contributed by atoms with Crippen LogP contribution in [0.2, 0.25) is 15.1 Å². The van der Waals surface area contributed by atoms with Crippen molar-refractivity contribution in [1.82, 2.24) is 0 Å². The topological polar surface area (TPSA) is 78.9 Å². The maximum absolute atomic E-state index is 12.3. The monoisotopic (exact) mass is 416 g/mol. The average molecular weight is 418 g/mol. The predicted octanol–water partition coefficient (Wildman–Crippen LogP) is 3.46. The van der Waals surface area contributed by atoms with Crippen molar-refractivity contribution in [3.8, 4) is 0 Å². The third-order valence-corrected chi connectivity index (χ3v) is 5.85. The highest BCUT2D eigenvalue weighted by Gasteiger charge is 2.28. The van der Waals surface area contributed by atoms with Crippen LogP contribution in [0.4, 0.5) is 0 Å². The van der Waals surface area contributed by atoms with Crippen LogP contribution in [0.25, 0.3) is 0 Å². The maximum atomic E-state index is 12.3. The van der Waals surface area contributed by atoms with Gasteiger partial charge >= 0.3 is 5.97 Å². The number of benzene rings is 1. The molecule has 134 valence electrons. The zero-order valence-corrected chi connectivity index (χ0v) is 15.7. The van der Waals surface area contributed by atoms with Crippen molar-refractivity contribution in [2.45, 2.75) is 36.9 Å². The normalized spacial score (nSPS) is 19.2. The Morgan fingerprint density at radius 1 is 1.29 bits per heavy atom. The van der Waals surface area contributed by atoms with Crippen molar-refractivity contribution in [1.29, 1.82) is 0 Å². The number of halogens is 3. The molecule has 1 saturated heterocycles.